The third kappa shape index (κ3) is 5.10. The molecule has 0 aliphatic heterocycles. The number of carbonyl (C=O) groups excluding carboxylic acids is 1. The number of anilines is 1. The lowest BCUT2D eigenvalue weighted by Crippen LogP contribution is -2.14. The molecule has 0 spiro atoms. The Labute approximate surface area is 162 Å². The van der Waals surface area contributed by atoms with Crippen molar-refractivity contribution in [2.75, 3.05) is 17.7 Å². The van der Waals surface area contributed by atoms with E-state index in [4.69, 9.17) is 9.15 Å². The molecule has 0 fully saturated rings. The lowest BCUT2D eigenvalue weighted by Gasteiger charge is -2.06. The highest BCUT2D eigenvalue weighted by atomic mass is 32.2. The summed E-state index contributed by atoms with van der Waals surface area (Å²) in [6.07, 6.45) is 0. The summed E-state index contributed by atoms with van der Waals surface area (Å²) in [5.74, 6) is 1.27. The maximum Gasteiger partial charge on any atom is 0.277 e. The van der Waals surface area contributed by atoms with Gasteiger partial charge in [0, 0.05) is 11.3 Å². The minimum absolute atomic E-state index is 0.121. The monoisotopic (exact) mass is 383 g/mol. The molecule has 27 heavy (non-hydrogen) atoms. The van der Waals surface area contributed by atoms with Crippen LogP contribution in [-0.4, -0.2) is 28.5 Å². The van der Waals surface area contributed by atoms with Crippen LogP contribution < -0.4 is 10.1 Å². The topological polar surface area (TPSA) is 77.2 Å². The van der Waals surface area contributed by atoms with E-state index in [2.05, 4.69) is 15.5 Å². The highest BCUT2D eigenvalue weighted by Gasteiger charge is 2.12. The Hall–Kier alpha value is -2.80. The first kappa shape index (κ1) is 19.0. The normalized spacial score (nSPS) is 10.6. The number of thioether (sulfide) groups is 1. The molecule has 0 bridgehead atoms. The summed E-state index contributed by atoms with van der Waals surface area (Å²) in [7, 11) is 0. The minimum Gasteiger partial charge on any atom is -0.494 e. The van der Waals surface area contributed by atoms with Crippen LogP contribution in [0.1, 0.15) is 18.1 Å². The minimum atomic E-state index is -0.121. The summed E-state index contributed by atoms with van der Waals surface area (Å²) in [5.41, 5.74) is 3.91. The van der Waals surface area contributed by atoms with Gasteiger partial charge in [0.15, 0.2) is 0 Å². The zero-order valence-corrected chi connectivity index (χ0v) is 16.3. The number of benzene rings is 2. The number of nitrogens with zero attached hydrogens (tertiary/aromatic N) is 2. The second-order valence-electron chi connectivity index (χ2n) is 5.97. The van der Waals surface area contributed by atoms with E-state index in [0.717, 1.165) is 22.6 Å². The molecule has 0 aliphatic rings. The Kier molecular flexibility index (Phi) is 6.13. The molecule has 7 heteroatoms. The van der Waals surface area contributed by atoms with Crippen molar-refractivity contribution in [1.82, 2.24) is 10.2 Å². The third-order valence-corrected chi connectivity index (χ3v) is 4.75. The van der Waals surface area contributed by atoms with Crippen LogP contribution in [0.5, 0.6) is 5.75 Å². The number of hydrogen-bond donors (Lipinski definition) is 1. The van der Waals surface area contributed by atoms with Gasteiger partial charge in [0.1, 0.15) is 5.75 Å². The zero-order valence-electron chi connectivity index (χ0n) is 15.5. The molecule has 0 saturated carbocycles. The van der Waals surface area contributed by atoms with Crippen LogP contribution in [0.15, 0.2) is 52.1 Å². The molecule has 1 N–H and O–H groups in total. The Morgan fingerprint density at radius 3 is 2.59 bits per heavy atom. The molecule has 140 valence electrons. The number of aryl methyl sites for hydroxylation is 2. The van der Waals surface area contributed by atoms with Gasteiger partial charge in [-0.2, -0.15) is 0 Å². The van der Waals surface area contributed by atoms with Gasteiger partial charge >= 0.3 is 0 Å². The average Bonchev–Trinajstić information content (AvgIpc) is 3.13. The Morgan fingerprint density at radius 2 is 1.89 bits per heavy atom. The molecule has 1 aromatic heterocycles. The molecule has 0 radical (unpaired) electrons. The van der Waals surface area contributed by atoms with Crippen molar-refractivity contribution in [3.8, 4) is 17.2 Å². The summed E-state index contributed by atoms with van der Waals surface area (Å²) in [6, 6.07) is 13.3. The Bertz CT molecular complexity index is 922. The SMILES string of the molecule is CCOc1ccc(-c2nnc(SCC(=O)Nc3ccc(C)c(C)c3)o2)cc1. The van der Waals surface area contributed by atoms with E-state index in [1.165, 1.54) is 17.3 Å². The molecular weight excluding hydrogens is 362 g/mol. The van der Waals surface area contributed by atoms with Crippen LogP contribution in [0.2, 0.25) is 0 Å². The van der Waals surface area contributed by atoms with Crippen LogP contribution in [0.4, 0.5) is 5.69 Å². The smallest absolute Gasteiger partial charge is 0.277 e. The van der Waals surface area contributed by atoms with Gasteiger partial charge in [0.25, 0.3) is 5.22 Å². The average molecular weight is 383 g/mol. The van der Waals surface area contributed by atoms with E-state index in [0.29, 0.717) is 17.7 Å². The lowest BCUT2D eigenvalue weighted by atomic mass is 10.1. The van der Waals surface area contributed by atoms with E-state index < -0.39 is 0 Å². The van der Waals surface area contributed by atoms with Crippen molar-refractivity contribution in [3.63, 3.8) is 0 Å². The first-order chi connectivity index (χ1) is 13.0. The Morgan fingerprint density at radius 1 is 1.11 bits per heavy atom. The maximum atomic E-state index is 12.1. The second kappa shape index (κ2) is 8.73. The molecule has 3 aromatic rings. The molecule has 1 amide bonds. The van der Waals surface area contributed by atoms with Crippen LogP contribution in [0, 0.1) is 13.8 Å². The van der Waals surface area contributed by atoms with Crippen molar-refractivity contribution in [3.05, 3.63) is 53.6 Å². The number of ether oxygens (including phenoxy) is 1. The van der Waals surface area contributed by atoms with Gasteiger partial charge in [-0.25, -0.2) is 0 Å². The molecule has 2 aromatic carbocycles. The summed E-state index contributed by atoms with van der Waals surface area (Å²) in [4.78, 5) is 12.1. The van der Waals surface area contributed by atoms with Crippen molar-refractivity contribution >= 4 is 23.4 Å². The quantitative estimate of drug-likeness (QED) is 0.606. The van der Waals surface area contributed by atoms with Gasteiger partial charge in [-0.15, -0.1) is 10.2 Å². The first-order valence-electron chi connectivity index (χ1n) is 8.62. The van der Waals surface area contributed by atoms with Crippen molar-refractivity contribution in [1.29, 1.82) is 0 Å². The van der Waals surface area contributed by atoms with Gasteiger partial charge in [-0.05, 0) is 68.3 Å². The molecule has 0 aliphatic carbocycles. The van der Waals surface area contributed by atoms with Crippen LogP contribution >= 0.6 is 11.8 Å². The molecule has 6 nitrogen and oxygen atoms in total. The zero-order chi connectivity index (χ0) is 19.2. The highest BCUT2D eigenvalue weighted by Crippen LogP contribution is 2.25. The van der Waals surface area contributed by atoms with Crippen LogP contribution in [0.25, 0.3) is 11.5 Å². The van der Waals surface area contributed by atoms with Crippen LogP contribution in [-0.2, 0) is 4.79 Å². The van der Waals surface area contributed by atoms with Gasteiger partial charge in [0.2, 0.25) is 11.8 Å². The van der Waals surface area contributed by atoms with E-state index in [-0.39, 0.29) is 11.7 Å². The number of hydrogen-bond acceptors (Lipinski definition) is 6. The van der Waals surface area contributed by atoms with E-state index in [1.54, 1.807) is 0 Å². The van der Waals surface area contributed by atoms with Gasteiger partial charge in [-0.3, -0.25) is 4.79 Å². The standard InChI is InChI=1S/C20H21N3O3S/c1-4-25-17-9-6-15(7-10-17)19-22-23-20(26-19)27-12-18(24)21-16-8-5-13(2)14(3)11-16/h5-11H,4,12H2,1-3H3,(H,21,24). The number of rotatable bonds is 7. The number of aromatic nitrogens is 2. The van der Waals surface area contributed by atoms with Gasteiger partial charge in [-0.1, -0.05) is 17.8 Å². The summed E-state index contributed by atoms with van der Waals surface area (Å²) in [6.45, 7) is 6.60. The van der Waals surface area contributed by atoms with Crippen molar-refractivity contribution < 1.29 is 13.9 Å². The predicted octanol–water partition coefficient (Wildman–Crippen LogP) is 4.48. The second-order valence-corrected chi connectivity index (χ2v) is 6.89. The number of nitrogens with one attached hydrogen (secondary N) is 1. The molecular formula is C20H21N3O3S. The predicted molar refractivity (Wildman–Crippen MR) is 106 cm³/mol. The molecule has 0 saturated heterocycles. The van der Waals surface area contributed by atoms with E-state index in [9.17, 15) is 4.79 Å². The fourth-order valence-corrected chi connectivity index (χ4v) is 2.95. The molecule has 0 unspecified atom stereocenters. The van der Waals surface area contributed by atoms with E-state index >= 15 is 0 Å². The first-order valence-corrected chi connectivity index (χ1v) is 9.60. The Balaban J connectivity index is 1.55. The third-order valence-electron chi connectivity index (χ3n) is 3.94. The number of amides is 1. The van der Waals surface area contributed by atoms with Gasteiger partial charge < -0.3 is 14.5 Å². The maximum absolute atomic E-state index is 12.1. The lowest BCUT2D eigenvalue weighted by molar-refractivity contribution is -0.113. The van der Waals surface area contributed by atoms with E-state index in [1.807, 2.05) is 63.2 Å². The molecule has 0 atom stereocenters. The highest BCUT2D eigenvalue weighted by molar-refractivity contribution is 7.99. The molecule has 3 rings (SSSR count). The molecule has 1 heterocycles. The largest absolute Gasteiger partial charge is 0.494 e. The van der Waals surface area contributed by atoms with Crippen molar-refractivity contribution in [2.24, 2.45) is 0 Å². The van der Waals surface area contributed by atoms with Gasteiger partial charge in [0.05, 0.1) is 12.4 Å². The summed E-state index contributed by atoms with van der Waals surface area (Å²) in [5, 5.41) is 11.3. The van der Waals surface area contributed by atoms with Crippen LogP contribution in [0.3, 0.4) is 0 Å². The fourth-order valence-electron chi connectivity index (χ4n) is 2.39. The van der Waals surface area contributed by atoms with Crippen molar-refractivity contribution in [2.45, 2.75) is 26.0 Å². The number of carbonyl (C=O) groups is 1. The summed E-state index contributed by atoms with van der Waals surface area (Å²) < 4.78 is 11.0. The summed E-state index contributed by atoms with van der Waals surface area (Å²) >= 11 is 1.20. The fraction of sp³-hybridized carbons (Fsp3) is 0.250.